The second kappa shape index (κ2) is 7.21. The van der Waals surface area contributed by atoms with E-state index in [1.807, 2.05) is 35.2 Å². The van der Waals surface area contributed by atoms with E-state index in [1.165, 1.54) is 0 Å². The number of benzene rings is 1. The van der Waals surface area contributed by atoms with E-state index in [-0.39, 0.29) is 11.8 Å². The van der Waals surface area contributed by atoms with Crippen molar-refractivity contribution in [1.82, 2.24) is 9.62 Å². The number of primary amides is 1. The van der Waals surface area contributed by atoms with Crippen LogP contribution in [0.15, 0.2) is 30.3 Å². The number of carbonyl (C=O) groups is 1. The maximum absolute atomic E-state index is 11.9. The average Bonchev–Trinajstić information content (AvgIpc) is 2.48. The molecular weight excluding hydrogens is 302 g/mol. The first-order valence-corrected chi connectivity index (χ1v) is 9.16. The van der Waals surface area contributed by atoms with Gasteiger partial charge in [0.25, 0.3) is 0 Å². The molecule has 1 aliphatic heterocycles. The van der Waals surface area contributed by atoms with Crippen molar-refractivity contribution in [1.29, 1.82) is 0 Å². The summed E-state index contributed by atoms with van der Waals surface area (Å²) in [5.41, 5.74) is 6.42. The molecule has 22 heavy (non-hydrogen) atoms. The van der Waals surface area contributed by atoms with E-state index >= 15 is 0 Å². The van der Waals surface area contributed by atoms with Gasteiger partial charge in [-0.15, -0.1) is 0 Å². The third-order valence-corrected chi connectivity index (χ3v) is 5.38. The van der Waals surface area contributed by atoms with Crippen LogP contribution in [0, 0.1) is 0 Å². The summed E-state index contributed by atoms with van der Waals surface area (Å²) in [4.78, 5) is 13.9. The van der Waals surface area contributed by atoms with Crippen LogP contribution in [0.25, 0.3) is 0 Å². The van der Waals surface area contributed by atoms with Gasteiger partial charge in [0.2, 0.25) is 15.9 Å². The Morgan fingerprint density at radius 3 is 2.68 bits per heavy atom. The van der Waals surface area contributed by atoms with Crippen LogP contribution < -0.4 is 10.5 Å². The summed E-state index contributed by atoms with van der Waals surface area (Å²) in [5, 5.41) is 0. The van der Waals surface area contributed by atoms with Gasteiger partial charge in [-0.25, -0.2) is 13.1 Å². The van der Waals surface area contributed by atoms with Gasteiger partial charge in [-0.05, 0) is 31.9 Å². The molecule has 1 fully saturated rings. The molecule has 122 valence electrons. The van der Waals surface area contributed by atoms with Crippen molar-refractivity contribution in [2.24, 2.45) is 5.73 Å². The van der Waals surface area contributed by atoms with Gasteiger partial charge in [-0.2, -0.15) is 0 Å². The fraction of sp³-hybridized carbons (Fsp3) is 0.533. The molecule has 1 aliphatic rings. The number of likely N-dealkylation sites (tertiary alicyclic amines) is 1. The van der Waals surface area contributed by atoms with Crippen molar-refractivity contribution in [2.75, 3.05) is 18.8 Å². The monoisotopic (exact) mass is 325 g/mol. The zero-order valence-electron chi connectivity index (χ0n) is 12.7. The van der Waals surface area contributed by atoms with E-state index in [9.17, 15) is 13.2 Å². The Balaban J connectivity index is 2.14. The largest absolute Gasteiger partial charge is 0.368 e. The van der Waals surface area contributed by atoms with Crippen molar-refractivity contribution in [2.45, 2.75) is 31.8 Å². The first kappa shape index (κ1) is 16.9. The summed E-state index contributed by atoms with van der Waals surface area (Å²) in [6.07, 6.45) is 1.60. The van der Waals surface area contributed by atoms with Crippen LogP contribution in [0.1, 0.15) is 31.4 Å². The molecule has 6 nitrogen and oxygen atoms in total. The topological polar surface area (TPSA) is 92.5 Å². The summed E-state index contributed by atoms with van der Waals surface area (Å²) in [6.45, 7) is 2.83. The van der Waals surface area contributed by atoms with Gasteiger partial charge >= 0.3 is 0 Å². The second-order valence-electron chi connectivity index (χ2n) is 5.57. The molecule has 1 aromatic carbocycles. The molecule has 7 heteroatoms. The number of nitrogens with zero attached hydrogens (tertiary/aromatic N) is 1. The molecule has 3 N–H and O–H groups in total. The minimum absolute atomic E-state index is 0.0570. The Hall–Kier alpha value is -1.44. The number of nitrogens with one attached hydrogen (secondary N) is 1. The van der Waals surface area contributed by atoms with Crippen molar-refractivity contribution in [3.63, 3.8) is 0 Å². The van der Waals surface area contributed by atoms with Gasteiger partial charge < -0.3 is 5.73 Å². The lowest BCUT2D eigenvalue weighted by Crippen LogP contribution is -2.51. The second-order valence-corrected chi connectivity index (χ2v) is 7.61. The molecule has 1 aromatic rings. The van der Waals surface area contributed by atoms with Gasteiger partial charge in [0.1, 0.15) is 6.04 Å². The maximum atomic E-state index is 11.9. The number of rotatable bonds is 6. The molecule has 0 aromatic heterocycles. The lowest BCUT2D eigenvalue weighted by molar-refractivity contribution is -0.124. The van der Waals surface area contributed by atoms with Crippen molar-refractivity contribution in [3.8, 4) is 0 Å². The molecule has 1 saturated heterocycles. The molecule has 2 atom stereocenters. The maximum Gasteiger partial charge on any atom is 0.239 e. The van der Waals surface area contributed by atoms with Gasteiger partial charge in [-0.3, -0.25) is 9.69 Å². The minimum Gasteiger partial charge on any atom is -0.368 e. The van der Waals surface area contributed by atoms with Crippen LogP contribution >= 0.6 is 0 Å². The van der Waals surface area contributed by atoms with E-state index in [0.717, 1.165) is 24.9 Å². The number of hydrogen-bond donors (Lipinski definition) is 2. The van der Waals surface area contributed by atoms with Crippen LogP contribution in [-0.4, -0.2) is 44.1 Å². The van der Waals surface area contributed by atoms with Crippen molar-refractivity contribution in [3.05, 3.63) is 35.9 Å². The summed E-state index contributed by atoms with van der Waals surface area (Å²) in [5.74, 6) is -0.355. The number of amides is 1. The zero-order valence-corrected chi connectivity index (χ0v) is 13.6. The third-order valence-electron chi connectivity index (χ3n) is 3.93. The number of sulfonamides is 1. The lowest BCUT2D eigenvalue weighted by atomic mass is 9.99. The lowest BCUT2D eigenvalue weighted by Gasteiger charge is -2.37. The fourth-order valence-electron chi connectivity index (χ4n) is 2.86. The Morgan fingerprint density at radius 2 is 2.09 bits per heavy atom. The first-order valence-electron chi connectivity index (χ1n) is 7.51. The van der Waals surface area contributed by atoms with E-state index < -0.39 is 22.0 Å². The third kappa shape index (κ3) is 4.28. The fourth-order valence-corrected chi connectivity index (χ4v) is 3.73. The average molecular weight is 325 g/mol. The van der Waals surface area contributed by atoms with Gasteiger partial charge in [0.05, 0.1) is 5.75 Å². The van der Waals surface area contributed by atoms with Crippen LogP contribution in [0.2, 0.25) is 0 Å². The first-order chi connectivity index (χ1) is 10.4. The van der Waals surface area contributed by atoms with Crippen molar-refractivity contribution < 1.29 is 13.2 Å². The molecule has 0 aliphatic carbocycles. The van der Waals surface area contributed by atoms with Crippen LogP contribution in [0.4, 0.5) is 0 Å². The van der Waals surface area contributed by atoms with E-state index in [1.54, 1.807) is 6.92 Å². The van der Waals surface area contributed by atoms with Gasteiger partial charge in [0.15, 0.2) is 0 Å². The Kier molecular flexibility index (Phi) is 5.55. The number of nitrogens with two attached hydrogens (primary N) is 1. The van der Waals surface area contributed by atoms with Crippen LogP contribution in [0.3, 0.4) is 0 Å². The van der Waals surface area contributed by atoms with Crippen LogP contribution in [0.5, 0.6) is 0 Å². The van der Waals surface area contributed by atoms with E-state index in [0.29, 0.717) is 6.54 Å². The summed E-state index contributed by atoms with van der Waals surface area (Å²) in [7, 11) is -3.25. The molecule has 2 rings (SSSR count). The number of hydrogen-bond acceptors (Lipinski definition) is 4. The quantitative estimate of drug-likeness (QED) is 0.802. The normalized spacial score (nSPS) is 21.4. The Morgan fingerprint density at radius 1 is 1.41 bits per heavy atom. The number of piperidine rings is 1. The summed E-state index contributed by atoms with van der Waals surface area (Å²) in [6, 6.07) is 8.67. The van der Waals surface area contributed by atoms with E-state index in [4.69, 9.17) is 5.73 Å². The molecular formula is C15H23N3O3S. The molecule has 1 amide bonds. The molecule has 1 heterocycles. The number of carbonyl (C=O) groups excluding carboxylic acids is 1. The summed E-state index contributed by atoms with van der Waals surface area (Å²) >= 11 is 0. The highest BCUT2D eigenvalue weighted by atomic mass is 32.2. The predicted octanol–water partition coefficient (Wildman–Crippen LogP) is 0.617. The van der Waals surface area contributed by atoms with E-state index in [2.05, 4.69) is 4.72 Å². The molecule has 0 spiro atoms. The molecule has 0 saturated carbocycles. The van der Waals surface area contributed by atoms with Gasteiger partial charge in [-0.1, -0.05) is 30.3 Å². The smallest absolute Gasteiger partial charge is 0.239 e. The highest BCUT2D eigenvalue weighted by Gasteiger charge is 2.31. The Bertz CT molecular complexity index is 604. The highest BCUT2D eigenvalue weighted by Crippen LogP contribution is 2.24. The molecule has 0 bridgehead atoms. The SMILES string of the molecule is CCS(=O)(=O)NC1CCCN(C(C(N)=O)c2ccccc2)C1. The molecule has 2 unspecified atom stereocenters. The summed E-state index contributed by atoms with van der Waals surface area (Å²) < 4.78 is 26.2. The Labute approximate surface area is 131 Å². The minimum atomic E-state index is -3.25. The molecule has 0 radical (unpaired) electrons. The van der Waals surface area contributed by atoms with Gasteiger partial charge in [0, 0.05) is 12.6 Å². The zero-order chi connectivity index (χ0) is 16.2. The standard InChI is InChI=1S/C15H23N3O3S/c1-2-22(20,21)17-13-9-6-10-18(11-13)14(15(16)19)12-7-4-3-5-8-12/h3-5,7-8,13-14,17H,2,6,9-11H2,1H3,(H2,16,19). The predicted molar refractivity (Wildman–Crippen MR) is 85.6 cm³/mol. The van der Waals surface area contributed by atoms with Crippen molar-refractivity contribution >= 4 is 15.9 Å². The van der Waals surface area contributed by atoms with Crippen LogP contribution in [-0.2, 0) is 14.8 Å². The highest BCUT2D eigenvalue weighted by molar-refractivity contribution is 7.89.